The first-order valence-electron chi connectivity index (χ1n) is 17.8. The second kappa shape index (κ2) is 19.3. The molecule has 1 heterocycles. The van der Waals surface area contributed by atoms with E-state index in [-0.39, 0.29) is 5.91 Å². The van der Waals surface area contributed by atoms with Gasteiger partial charge < -0.3 is 20.1 Å². The van der Waals surface area contributed by atoms with Crippen molar-refractivity contribution in [1.29, 1.82) is 0 Å². The molecule has 2 aromatic carbocycles. The molecule has 1 aliphatic carbocycles. The van der Waals surface area contributed by atoms with Crippen LogP contribution >= 0.6 is 0 Å². The number of fused-ring (bicyclic) bond motifs is 2. The molecule has 0 unspecified atom stereocenters. The Kier molecular flexibility index (Phi) is 14.8. The van der Waals surface area contributed by atoms with Crippen LogP contribution in [0.25, 0.3) is 10.9 Å². The standard InChI is InChI=1S/C39H57N3O3/c1-30(2)18-10-6-7-11-23-38(43)41-29-31-24-25-36(37(28-31)44-3)45-27-17-9-5-4-8-16-26-40-39-32-19-12-14-21-34(32)42-35-22-15-13-20-33(35)39/h12,14,19,21,24-25,28,30H,4-11,13,15-18,20,22-23,26-27,29H2,1-3H3,(H,40,42)(H,41,43). The molecular formula is C39H57N3O3. The lowest BCUT2D eigenvalue weighted by atomic mass is 9.92. The van der Waals surface area contributed by atoms with Crippen LogP contribution < -0.4 is 20.1 Å². The summed E-state index contributed by atoms with van der Waals surface area (Å²) in [6.45, 7) is 6.74. The summed E-state index contributed by atoms with van der Waals surface area (Å²) in [5, 5.41) is 8.11. The zero-order valence-electron chi connectivity index (χ0n) is 28.2. The zero-order valence-corrected chi connectivity index (χ0v) is 28.2. The minimum Gasteiger partial charge on any atom is -0.493 e. The number of aryl methyl sites for hydroxylation is 1. The molecule has 0 aliphatic heterocycles. The number of methoxy groups -OCH3 is 1. The molecule has 1 amide bonds. The van der Waals surface area contributed by atoms with Gasteiger partial charge in [-0.2, -0.15) is 0 Å². The summed E-state index contributed by atoms with van der Waals surface area (Å²) in [4.78, 5) is 17.2. The number of rotatable bonds is 21. The fraction of sp³-hybridized carbons (Fsp3) is 0.590. The number of carbonyl (C=O) groups excluding carboxylic acids is 1. The van der Waals surface area contributed by atoms with Gasteiger partial charge in [0.1, 0.15) is 0 Å². The Morgan fingerprint density at radius 1 is 0.867 bits per heavy atom. The van der Waals surface area contributed by atoms with Gasteiger partial charge in [0, 0.05) is 36.3 Å². The third kappa shape index (κ3) is 11.5. The molecule has 0 spiro atoms. The number of para-hydroxylation sites is 1. The van der Waals surface area contributed by atoms with Crippen LogP contribution in [0.3, 0.4) is 0 Å². The number of anilines is 1. The second-order valence-electron chi connectivity index (χ2n) is 13.1. The molecule has 2 N–H and O–H groups in total. The summed E-state index contributed by atoms with van der Waals surface area (Å²) in [6.07, 6.45) is 18.3. The van der Waals surface area contributed by atoms with Gasteiger partial charge in [-0.05, 0) is 80.2 Å². The van der Waals surface area contributed by atoms with E-state index in [9.17, 15) is 4.79 Å². The van der Waals surface area contributed by atoms with Crippen LogP contribution in [0.4, 0.5) is 5.69 Å². The second-order valence-corrected chi connectivity index (χ2v) is 13.1. The van der Waals surface area contributed by atoms with Gasteiger partial charge >= 0.3 is 0 Å². The molecule has 0 atom stereocenters. The SMILES string of the molecule is COc1cc(CNC(=O)CCCCCCC(C)C)ccc1OCCCCCCCCNc1c2c(nc3ccccc13)CCCC2. The van der Waals surface area contributed by atoms with Crippen molar-refractivity contribution in [1.82, 2.24) is 10.3 Å². The van der Waals surface area contributed by atoms with Crippen LogP contribution in [0.5, 0.6) is 11.5 Å². The third-order valence-corrected chi connectivity index (χ3v) is 8.95. The third-order valence-electron chi connectivity index (χ3n) is 8.95. The van der Waals surface area contributed by atoms with Crippen LogP contribution in [-0.4, -0.2) is 31.2 Å². The molecule has 4 rings (SSSR count). The van der Waals surface area contributed by atoms with Crippen LogP contribution in [0.15, 0.2) is 42.5 Å². The molecule has 1 aliphatic rings. The normalized spacial score (nSPS) is 12.7. The van der Waals surface area contributed by atoms with E-state index in [1.807, 2.05) is 18.2 Å². The first-order chi connectivity index (χ1) is 22.0. The number of carbonyl (C=O) groups is 1. The van der Waals surface area contributed by atoms with Crippen molar-refractivity contribution in [2.24, 2.45) is 5.92 Å². The Morgan fingerprint density at radius 3 is 2.47 bits per heavy atom. The predicted octanol–water partition coefficient (Wildman–Crippen LogP) is 9.57. The summed E-state index contributed by atoms with van der Waals surface area (Å²) in [5.74, 6) is 2.38. The molecule has 6 heteroatoms. The highest BCUT2D eigenvalue weighted by molar-refractivity contribution is 5.93. The monoisotopic (exact) mass is 615 g/mol. The van der Waals surface area contributed by atoms with E-state index in [1.54, 1.807) is 7.11 Å². The Labute approximate surface area is 272 Å². The summed E-state index contributed by atoms with van der Waals surface area (Å²) in [6, 6.07) is 14.5. The predicted molar refractivity (Wildman–Crippen MR) is 187 cm³/mol. The highest BCUT2D eigenvalue weighted by atomic mass is 16.5. The van der Waals surface area contributed by atoms with E-state index in [4.69, 9.17) is 14.5 Å². The summed E-state index contributed by atoms with van der Waals surface area (Å²) in [5.41, 5.74) is 6.23. The van der Waals surface area contributed by atoms with Crippen LogP contribution in [-0.2, 0) is 24.2 Å². The maximum Gasteiger partial charge on any atom is 0.220 e. The molecule has 0 saturated heterocycles. The number of benzene rings is 2. The Hall–Kier alpha value is -3.28. The number of ether oxygens (including phenoxy) is 2. The van der Waals surface area contributed by atoms with E-state index >= 15 is 0 Å². The molecule has 246 valence electrons. The number of amides is 1. The first-order valence-corrected chi connectivity index (χ1v) is 17.8. The van der Waals surface area contributed by atoms with Crippen LogP contribution in [0, 0.1) is 5.92 Å². The van der Waals surface area contributed by atoms with Crippen molar-refractivity contribution in [3.8, 4) is 11.5 Å². The highest BCUT2D eigenvalue weighted by Gasteiger charge is 2.17. The molecule has 1 aromatic heterocycles. The molecule has 0 saturated carbocycles. The van der Waals surface area contributed by atoms with Crippen molar-refractivity contribution in [2.75, 3.05) is 25.6 Å². The zero-order chi connectivity index (χ0) is 31.7. The lowest BCUT2D eigenvalue weighted by Gasteiger charge is -2.21. The summed E-state index contributed by atoms with van der Waals surface area (Å²) in [7, 11) is 1.67. The number of pyridine rings is 1. The molecule has 3 aromatic rings. The quantitative estimate of drug-likeness (QED) is 0.117. The van der Waals surface area contributed by atoms with E-state index in [0.717, 1.165) is 67.1 Å². The van der Waals surface area contributed by atoms with Crippen molar-refractivity contribution < 1.29 is 14.3 Å². The van der Waals surface area contributed by atoms with E-state index in [1.165, 1.54) is 86.5 Å². The maximum absolute atomic E-state index is 12.3. The first kappa shape index (κ1) is 34.6. The number of aromatic nitrogens is 1. The average Bonchev–Trinajstić information content (AvgIpc) is 3.05. The molecule has 0 bridgehead atoms. The van der Waals surface area contributed by atoms with Gasteiger partial charge in [0.05, 0.1) is 19.2 Å². The minimum absolute atomic E-state index is 0.121. The van der Waals surface area contributed by atoms with Gasteiger partial charge in [-0.3, -0.25) is 9.78 Å². The lowest BCUT2D eigenvalue weighted by Crippen LogP contribution is -2.22. The van der Waals surface area contributed by atoms with Gasteiger partial charge in [0.15, 0.2) is 11.5 Å². The van der Waals surface area contributed by atoms with Crippen LogP contribution in [0.1, 0.15) is 121 Å². The van der Waals surface area contributed by atoms with Crippen molar-refractivity contribution >= 4 is 22.5 Å². The molecular weight excluding hydrogens is 558 g/mol. The van der Waals surface area contributed by atoms with Crippen molar-refractivity contribution in [2.45, 2.75) is 123 Å². The minimum atomic E-state index is 0.121. The number of hydrogen-bond donors (Lipinski definition) is 2. The molecule has 0 radical (unpaired) electrons. The number of unbranched alkanes of at least 4 members (excludes halogenated alkanes) is 8. The number of nitrogens with one attached hydrogen (secondary N) is 2. The smallest absolute Gasteiger partial charge is 0.220 e. The topological polar surface area (TPSA) is 72.5 Å². The molecule has 6 nitrogen and oxygen atoms in total. The van der Waals surface area contributed by atoms with E-state index in [2.05, 4.69) is 48.7 Å². The van der Waals surface area contributed by atoms with Gasteiger partial charge in [-0.25, -0.2) is 0 Å². The number of hydrogen-bond acceptors (Lipinski definition) is 5. The van der Waals surface area contributed by atoms with Gasteiger partial charge in [0.25, 0.3) is 0 Å². The Balaban J connectivity index is 1.06. The van der Waals surface area contributed by atoms with Gasteiger partial charge in [-0.1, -0.05) is 89.5 Å². The number of nitrogens with zero attached hydrogens (tertiary/aromatic N) is 1. The largest absolute Gasteiger partial charge is 0.493 e. The Morgan fingerprint density at radius 2 is 1.62 bits per heavy atom. The lowest BCUT2D eigenvalue weighted by molar-refractivity contribution is -0.121. The van der Waals surface area contributed by atoms with E-state index in [0.29, 0.717) is 19.6 Å². The Bertz CT molecular complexity index is 1320. The fourth-order valence-electron chi connectivity index (χ4n) is 6.33. The summed E-state index contributed by atoms with van der Waals surface area (Å²) >= 11 is 0. The fourth-order valence-corrected chi connectivity index (χ4v) is 6.33. The molecule has 45 heavy (non-hydrogen) atoms. The highest BCUT2D eigenvalue weighted by Crippen LogP contribution is 2.33. The maximum atomic E-state index is 12.3. The van der Waals surface area contributed by atoms with Gasteiger partial charge in [0.2, 0.25) is 5.91 Å². The summed E-state index contributed by atoms with van der Waals surface area (Å²) < 4.78 is 11.6. The molecule has 0 fully saturated rings. The van der Waals surface area contributed by atoms with Crippen molar-refractivity contribution in [3.63, 3.8) is 0 Å². The van der Waals surface area contributed by atoms with Crippen molar-refractivity contribution in [3.05, 3.63) is 59.3 Å². The van der Waals surface area contributed by atoms with Crippen LogP contribution in [0.2, 0.25) is 0 Å². The van der Waals surface area contributed by atoms with E-state index < -0.39 is 0 Å². The average molecular weight is 616 g/mol. The van der Waals surface area contributed by atoms with Gasteiger partial charge in [-0.15, -0.1) is 0 Å².